The summed E-state index contributed by atoms with van der Waals surface area (Å²) >= 11 is 0. The molecular weight excluding hydrogens is 418 g/mol. The number of aromatic nitrogens is 2. The maximum absolute atomic E-state index is 13.2. The van der Waals surface area contributed by atoms with Crippen LogP contribution in [-0.4, -0.2) is 45.3 Å². The summed E-state index contributed by atoms with van der Waals surface area (Å²) in [5.41, 5.74) is 8.95. The first-order valence-corrected chi connectivity index (χ1v) is 11.5. The van der Waals surface area contributed by atoms with Gasteiger partial charge in [-0.3, -0.25) is 4.79 Å². The Hall–Kier alpha value is -3.23. The Morgan fingerprint density at radius 2 is 2.09 bits per heavy atom. The molecule has 33 heavy (non-hydrogen) atoms. The molecular formula is C25H29N5O3. The average Bonchev–Trinajstić information content (AvgIpc) is 3.30. The molecule has 8 heteroatoms. The quantitative estimate of drug-likeness (QED) is 0.568. The molecule has 2 fully saturated rings. The van der Waals surface area contributed by atoms with Crippen LogP contribution in [0.2, 0.25) is 0 Å². The predicted molar refractivity (Wildman–Crippen MR) is 125 cm³/mol. The van der Waals surface area contributed by atoms with Gasteiger partial charge in [-0.05, 0) is 19.8 Å². The van der Waals surface area contributed by atoms with Crippen LogP contribution in [0.25, 0.3) is 11.3 Å². The predicted octanol–water partition coefficient (Wildman–Crippen LogP) is 2.53. The molecule has 1 aromatic carbocycles. The molecule has 8 nitrogen and oxygen atoms in total. The van der Waals surface area contributed by atoms with E-state index in [0.717, 1.165) is 30.4 Å². The second-order valence-corrected chi connectivity index (χ2v) is 9.01. The summed E-state index contributed by atoms with van der Waals surface area (Å²) in [7, 11) is 0. The fourth-order valence-corrected chi connectivity index (χ4v) is 5.01. The number of nitrogen functional groups attached to an aromatic ring is 1. The third-order valence-corrected chi connectivity index (χ3v) is 6.70. The van der Waals surface area contributed by atoms with E-state index in [1.165, 1.54) is 0 Å². The van der Waals surface area contributed by atoms with E-state index >= 15 is 0 Å². The highest BCUT2D eigenvalue weighted by Crippen LogP contribution is 2.40. The Morgan fingerprint density at radius 1 is 1.27 bits per heavy atom. The molecule has 2 aromatic rings. The van der Waals surface area contributed by atoms with Gasteiger partial charge in [0, 0.05) is 35.7 Å². The number of anilines is 1. The largest absolute Gasteiger partial charge is 0.393 e. The van der Waals surface area contributed by atoms with E-state index in [4.69, 9.17) is 10.5 Å². The van der Waals surface area contributed by atoms with Crippen molar-refractivity contribution in [1.82, 2.24) is 20.6 Å². The van der Waals surface area contributed by atoms with E-state index in [2.05, 4.69) is 20.6 Å². The van der Waals surface area contributed by atoms with Crippen molar-refractivity contribution in [2.24, 2.45) is 5.92 Å². The summed E-state index contributed by atoms with van der Waals surface area (Å²) in [4.78, 5) is 21.9. The van der Waals surface area contributed by atoms with Gasteiger partial charge in [0.15, 0.2) is 11.5 Å². The lowest BCUT2D eigenvalue weighted by molar-refractivity contribution is -0.109. The number of aliphatic hydroxyl groups is 1. The first kappa shape index (κ1) is 21.6. The van der Waals surface area contributed by atoms with Crippen LogP contribution in [0.15, 0.2) is 60.1 Å². The number of fused-ring (bicyclic) bond motifs is 1. The second-order valence-electron chi connectivity index (χ2n) is 9.01. The molecule has 5 rings (SSSR count). The van der Waals surface area contributed by atoms with Crippen molar-refractivity contribution in [2.75, 3.05) is 5.73 Å². The minimum atomic E-state index is -0.443. The fraction of sp³-hybridized carbons (Fsp3) is 0.400. The number of hydrogen-bond donors (Lipinski definition) is 4. The molecule has 3 heterocycles. The van der Waals surface area contributed by atoms with Gasteiger partial charge in [-0.25, -0.2) is 9.97 Å². The van der Waals surface area contributed by atoms with Crippen molar-refractivity contribution in [3.63, 3.8) is 0 Å². The van der Waals surface area contributed by atoms with Gasteiger partial charge in [0.2, 0.25) is 0 Å². The van der Waals surface area contributed by atoms with Gasteiger partial charge in [0.05, 0.1) is 35.9 Å². The normalized spacial score (nSPS) is 28.8. The molecule has 1 saturated heterocycles. The zero-order chi connectivity index (χ0) is 22.9. The Kier molecular flexibility index (Phi) is 5.86. The summed E-state index contributed by atoms with van der Waals surface area (Å²) in [5, 5.41) is 16.9. The van der Waals surface area contributed by atoms with Gasteiger partial charge in [-0.2, -0.15) is 0 Å². The maximum Gasteiger partial charge on any atom is 0.278 e. The molecule has 0 spiro atoms. The third-order valence-electron chi connectivity index (χ3n) is 6.70. The zero-order valence-electron chi connectivity index (χ0n) is 18.6. The number of ether oxygens (including phenoxy) is 1. The monoisotopic (exact) mass is 447 g/mol. The molecule has 0 bridgehead atoms. The molecule has 1 aliphatic carbocycles. The van der Waals surface area contributed by atoms with Gasteiger partial charge in [0.1, 0.15) is 0 Å². The Balaban J connectivity index is 1.38. The van der Waals surface area contributed by atoms with E-state index in [-0.39, 0.29) is 35.7 Å². The summed E-state index contributed by atoms with van der Waals surface area (Å²) in [6.07, 6.45) is 8.31. The number of nitrogens with two attached hydrogens (primary N) is 1. The molecule has 2 aliphatic heterocycles. The van der Waals surface area contributed by atoms with Crippen LogP contribution in [0.5, 0.6) is 0 Å². The summed E-state index contributed by atoms with van der Waals surface area (Å²) in [6, 6.07) is 9.60. The first-order valence-electron chi connectivity index (χ1n) is 11.5. The van der Waals surface area contributed by atoms with Crippen LogP contribution in [-0.2, 0) is 4.74 Å². The minimum absolute atomic E-state index is 0.0610. The number of amides is 1. The van der Waals surface area contributed by atoms with Crippen LogP contribution < -0.4 is 16.4 Å². The second kappa shape index (κ2) is 8.96. The lowest BCUT2D eigenvalue weighted by Crippen LogP contribution is -2.44. The highest BCUT2D eigenvalue weighted by atomic mass is 16.5. The van der Waals surface area contributed by atoms with E-state index < -0.39 is 12.0 Å². The van der Waals surface area contributed by atoms with Crippen molar-refractivity contribution in [1.29, 1.82) is 0 Å². The van der Waals surface area contributed by atoms with E-state index in [1.54, 1.807) is 12.4 Å². The number of nitrogens with one attached hydrogen (secondary N) is 2. The average molecular weight is 448 g/mol. The molecule has 1 unspecified atom stereocenters. The number of carbonyl (C=O) groups excluding carboxylic acids is 1. The summed E-state index contributed by atoms with van der Waals surface area (Å²) in [5.74, 6) is -0.172. The number of aliphatic hydroxyl groups excluding tert-OH is 1. The molecule has 0 radical (unpaired) electrons. The van der Waals surface area contributed by atoms with Gasteiger partial charge < -0.3 is 26.2 Å². The fourth-order valence-electron chi connectivity index (χ4n) is 5.01. The van der Waals surface area contributed by atoms with Crippen molar-refractivity contribution < 1.29 is 14.6 Å². The Labute approximate surface area is 193 Å². The number of rotatable bonds is 4. The zero-order valence-corrected chi connectivity index (χ0v) is 18.6. The van der Waals surface area contributed by atoms with E-state index in [9.17, 15) is 9.90 Å². The lowest BCUT2D eigenvalue weighted by atomic mass is 9.86. The van der Waals surface area contributed by atoms with Crippen LogP contribution in [0, 0.1) is 5.92 Å². The van der Waals surface area contributed by atoms with Crippen LogP contribution in [0.1, 0.15) is 43.1 Å². The molecule has 1 saturated carbocycles. The number of nitrogens with zero attached hydrogens (tertiary/aromatic N) is 2. The molecule has 5 atom stereocenters. The number of benzene rings is 1. The molecule has 1 aromatic heterocycles. The molecule has 5 N–H and O–H groups in total. The lowest BCUT2D eigenvalue weighted by Gasteiger charge is -2.39. The summed E-state index contributed by atoms with van der Waals surface area (Å²) in [6.45, 7) is 2.03. The van der Waals surface area contributed by atoms with Crippen molar-refractivity contribution in [3.05, 3.63) is 65.8 Å². The van der Waals surface area contributed by atoms with E-state index in [0.29, 0.717) is 17.8 Å². The maximum atomic E-state index is 13.2. The Morgan fingerprint density at radius 3 is 2.91 bits per heavy atom. The van der Waals surface area contributed by atoms with Crippen molar-refractivity contribution in [3.8, 4) is 11.3 Å². The summed E-state index contributed by atoms with van der Waals surface area (Å²) < 4.78 is 6.39. The van der Waals surface area contributed by atoms with Crippen LogP contribution in [0.4, 0.5) is 5.82 Å². The highest BCUT2D eigenvalue weighted by Gasteiger charge is 2.42. The minimum Gasteiger partial charge on any atom is -0.393 e. The van der Waals surface area contributed by atoms with Gasteiger partial charge in [0.25, 0.3) is 5.91 Å². The van der Waals surface area contributed by atoms with Crippen molar-refractivity contribution >= 4 is 11.7 Å². The number of hydrogen-bond acceptors (Lipinski definition) is 7. The number of carbonyl (C=O) groups is 1. The van der Waals surface area contributed by atoms with Crippen LogP contribution >= 0.6 is 0 Å². The highest BCUT2D eigenvalue weighted by molar-refractivity contribution is 5.98. The number of dihydropyridines is 1. The topological polar surface area (TPSA) is 122 Å². The Bertz CT molecular complexity index is 1100. The molecule has 1 amide bonds. The SMILES string of the molecule is CC1C=C([C@H]2C[C@@H](O)[C@H]3CCC[C@H]3O2)C(NC(=O)c2nc(-c3ccccc3)cnc2N)=CN1. The van der Waals surface area contributed by atoms with Gasteiger partial charge in [-0.15, -0.1) is 0 Å². The van der Waals surface area contributed by atoms with Crippen LogP contribution in [0.3, 0.4) is 0 Å². The van der Waals surface area contributed by atoms with E-state index in [1.807, 2.05) is 43.3 Å². The smallest absolute Gasteiger partial charge is 0.278 e. The van der Waals surface area contributed by atoms with Gasteiger partial charge in [-0.1, -0.05) is 42.8 Å². The van der Waals surface area contributed by atoms with Gasteiger partial charge >= 0.3 is 0 Å². The van der Waals surface area contributed by atoms with Crippen molar-refractivity contribution in [2.45, 2.75) is 57.0 Å². The molecule has 172 valence electrons. The molecule has 3 aliphatic rings. The standard InChI is InChI=1S/C25H29N5O3/c1-14-10-17(22-11-20(31)16-8-5-9-21(16)33-22)19(13-27-14)30-25(32)23-24(26)28-12-18(29-23)15-6-3-2-4-7-15/h2-4,6-7,10,12-14,16,20-22,27,31H,5,8-9,11H2,1H3,(H2,26,28)(H,30,32)/t14?,16-,20-,21-,22-/m1/s1. The first-order chi connectivity index (χ1) is 16.0. The third kappa shape index (κ3) is 4.36.